The summed E-state index contributed by atoms with van der Waals surface area (Å²) in [6.07, 6.45) is 4.47. The molecule has 11 heteroatoms. The number of hydrazine groups is 1. The number of nitrogens with two attached hydrogens (primary N) is 1. The van der Waals surface area contributed by atoms with Crippen LogP contribution in [-0.2, 0) is 9.53 Å². The van der Waals surface area contributed by atoms with Gasteiger partial charge in [-0.05, 0) is 50.1 Å². The molecule has 1 fully saturated rings. The molecule has 1 saturated heterocycles. The summed E-state index contributed by atoms with van der Waals surface area (Å²) in [6, 6.07) is 0.159. The molecule has 1 aliphatic carbocycles. The van der Waals surface area contributed by atoms with Crippen LogP contribution in [0.1, 0.15) is 32.1 Å². The zero-order valence-corrected chi connectivity index (χ0v) is 17.8. The fourth-order valence-corrected chi connectivity index (χ4v) is 4.14. The summed E-state index contributed by atoms with van der Waals surface area (Å²) in [5.41, 5.74) is 3.06. The molecule has 3 aliphatic rings. The van der Waals surface area contributed by atoms with Gasteiger partial charge in [-0.25, -0.2) is 0 Å². The minimum Gasteiger partial charge on any atom is -0.410 e. The van der Waals surface area contributed by atoms with E-state index in [1.807, 2.05) is 6.08 Å². The van der Waals surface area contributed by atoms with E-state index in [2.05, 4.69) is 25.4 Å². The van der Waals surface area contributed by atoms with Gasteiger partial charge in [-0.2, -0.15) is 0 Å². The number of thiocarbonyl (C=S) groups is 1. The Morgan fingerprint density at radius 1 is 1.35 bits per heavy atom. The molecule has 170 valence electrons. The number of hydrogen-bond acceptors (Lipinski definition) is 6. The van der Waals surface area contributed by atoms with Crippen LogP contribution < -0.4 is 16.6 Å². The summed E-state index contributed by atoms with van der Waals surface area (Å²) >= 11 is 5.22. The van der Waals surface area contributed by atoms with Crippen LogP contribution in [0.3, 0.4) is 0 Å². The highest BCUT2D eigenvalue weighted by atomic mass is 32.1. The SMILES string of the molecule is NNC(=S)C1CCN(C2C=CC(NC(=O)CC3=CCCC(OC(F)(F)F)=C3)=NC2)CC1. The summed E-state index contributed by atoms with van der Waals surface area (Å²) in [5, 5.41) is 2.72. The summed E-state index contributed by atoms with van der Waals surface area (Å²) in [7, 11) is 0. The fourth-order valence-electron chi connectivity index (χ4n) is 3.90. The summed E-state index contributed by atoms with van der Waals surface area (Å²) in [4.78, 5) is 19.8. The summed E-state index contributed by atoms with van der Waals surface area (Å²) < 4.78 is 41.1. The normalized spacial score (nSPS) is 22.8. The van der Waals surface area contributed by atoms with Crippen LogP contribution in [0.15, 0.2) is 40.6 Å². The number of amides is 1. The highest BCUT2D eigenvalue weighted by Crippen LogP contribution is 2.28. The smallest absolute Gasteiger partial charge is 0.410 e. The first kappa shape index (κ1) is 23.4. The Bertz CT molecular complexity index is 814. The van der Waals surface area contributed by atoms with E-state index < -0.39 is 6.36 Å². The maximum Gasteiger partial charge on any atom is 0.572 e. The standard InChI is InChI=1S/C20H26F3N5O2S/c21-20(22,23)30-16-3-1-2-13(10-16)11-18(29)26-17-5-4-15(12-25-17)28-8-6-14(7-9-28)19(31)27-24/h2,4-5,10,14-15H,1,3,6-9,11-12,24H2,(H,27,31)(H,25,26,29). The number of alkyl halides is 3. The van der Waals surface area contributed by atoms with Crippen molar-refractivity contribution in [3.05, 3.63) is 35.6 Å². The molecular formula is C20H26F3N5O2S. The van der Waals surface area contributed by atoms with Crippen molar-refractivity contribution in [2.75, 3.05) is 19.6 Å². The second-order valence-corrected chi connectivity index (χ2v) is 8.11. The van der Waals surface area contributed by atoms with Gasteiger partial charge < -0.3 is 15.5 Å². The summed E-state index contributed by atoms with van der Waals surface area (Å²) in [5.74, 6) is 5.64. The zero-order valence-electron chi connectivity index (χ0n) is 17.0. The molecule has 0 bridgehead atoms. The van der Waals surface area contributed by atoms with Crippen molar-refractivity contribution in [3.63, 3.8) is 0 Å². The molecular weight excluding hydrogens is 431 g/mol. The average Bonchev–Trinajstić information content (AvgIpc) is 2.73. The van der Waals surface area contributed by atoms with Crippen molar-refractivity contribution in [1.82, 2.24) is 15.6 Å². The number of nitrogens with one attached hydrogen (secondary N) is 2. The molecule has 2 aliphatic heterocycles. The number of nitrogens with zero attached hydrogens (tertiary/aromatic N) is 2. The molecule has 2 heterocycles. The third-order valence-electron chi connectivity index (χ3n) is 5.46. The highest BCUT2D eigenvalue weighted by molar-refractivity contribution is 7.80. The summed E-state index contributed by atoms with van der Waals surface area (Å²) in [6.45, 7) is 2.31. The molecule has 31 heavy (non-hydrogen) atoms. The Kier molecular flexibility index (Phi) is 7.84. The maximum absolute atomic E-state index is 12.4. The quantitative estimate of drug-likeness (QED) is 0.334. The molecule has 0 saturated carbocycles. The van der Waals surface area contributed by atoms with E-state index >= 15 is 0 Å². The Morgan fingerprint density at radius 3 is 2.71 bits per heavy atom. The van der Waals surface area contributed by atoms with Crippen LogP contribution in [0.5, 0.6) is 0 Å². The van der Waals surface area contributed by atoms with E-state index in [-0.39, 0.29) is 30.5 Å². The van der Waals surface area contributed by atoms with Gasteiger partial charge in [0.05, 0.1) is 18.0 Å². The Labute approximate surface area is 184 Å². The number of piperidine rings is 1. The van der Waals surface area contributed by atoms with E-state index in [0.717, 1.165) is 25.9 Å². The van der Waals surface area contributed by atoms with Gasteiger partial charge in [0.1, 0.15) is 11.6 Å². The second kappa shape index (κ2) is 10.4. The first-order valence-electron chi connectivity index (χ1n) is 10.2. The van der Waals surface area contributed by atoms with Gasteiger partial charge in [0.2, 0.25) is 5.91 Å². The van der Waals surface area contributed by atoms with Gasteiger partial charge in [0.15, 0.2) is 0 Å². The Morgan fingerprint density at radius 2 is 2.10 bits per heavy atom. The van der Waals surface area contributed by atoms with E-state index in [4.69, 9.17) is 18.1 Å². The fraction of sp³-hybridized carbons (Fsp3) is 0.550. The third kappa shape index (κ3) is 7.15. The van der Waals surface area contributed by atoms with Crippen LogP contribution >= 0.6 is 12.2 Å². The Hall–Kier alpha value is -2.24. The van der Waals surface area contributed by atoms with Gasteiger partial charge in [0, 0.05) is 18.4 Å². The van der Waals surface area contributed by atoms with Crippen molar-refractivity contribution >= 4 is 28.9 Å². The van der Waals surface area contributed by atoms with Crippen LogP contribution in [0.4, 0.5) is 13.2 Å². The minimum absolute atomic E-state index is 0.0381. The zero-order chi connectivity index (χ0) is 22.4. The number of halogens is 3. The number of amidine groups is 1. The van der Waals surface area contributed by atoms with Crippen LogP contribution in [0.25, 0.3) is 0 Å². The molecule has 0 aromatic heterocycles. The van der Waals surface area contributed by atoms with Crippen molar-refractivity contribution < 1.29 is 22.7 Å². The number of carbonyl (C=O) groups is 1. The number of likely N-dealkylation sites (tertiary alicyclic amines) is 1. The Balaban J connectivity index is 1.44. The van der Waals surface area contributed by atoms with Gasteiger partial charge in [0.25, 0.3) is 0 Å². The van der Waals surface area contributed by atoms with Crippen molar-refractivity contribution in [3.8, 4) is 0 Å². The van der Waals surface area contributed by atoms with Crippen LogP contribution in [-0.4, -0.2) is 53.7 Å². The van der Waals surface area contributed by atoms with Gasteiger partial charge >= 0.3 is 6.36 Å². The monoisotopic (exact) mass is 457 g/mol. The molecule has 1 unspecified atom stereocenters. The average molecular weight is 458 g/mol. The lowest BCUT2D eigenvalue weighted by Gasteiger charge is -2.36. The maximum atomic E-state index is 12.4. The van der Waals surface area contributed by atoms with Crippen molar-refractivity contribution in [2.45, 2.75) is 44.5 Å². The van der Waals surface area contributed by atoms with E-state index in [0.29, 0.717) is 35.3 Å². The molecule has 0 radical (unpaired) electrons. The first-order valence-corrected chi connectivity index (χ1v) is 10.6. The molecule has 3 rings (SSSR count). The van der Waals surface area contributed by atoms with Crippen LogP contribution in [0.2, 0.25) is 0 Å². The number of dihydropyridines is 1. The highest BCUT2D eigenvalue weighted by Gasteiger charge is 2.32. The second-order valence-electron chi connectivity index (χ2n) is 7.67. The minimum atomic E-state index is -4.73. The molecule has 1 amide bonds. The topological polar surface area (TPSA) is 92.0 Å². The number of ether oxygens (including phenoxy) is 1. The van der Waals surface area contributed by atoms with E-state index in [9.17, 15) is 18.0 Å². The molecule has 0 aromatic rings. The first-order chi connectivity index (χ1) is 14.7. The molecule has 1 atom stereocenters. The van der Waals surface area contributed by atoms with Crippen molar-refractivity contribution in [1.29, 1.82) is 0 Å². The predicted octanol–water partition coefficient (Wildman–Crippen LogP) is 2.47. The van der Waals surface area contributed by atoms with Crippen molar-refractivity contribution in [2.24, 2.45) is 16.8 Å². The lowest BCUT2D eigenvalue weighted by Crippen LogP contribution is -2.47. The molecule has 0 aromatic carbocycles. The van der Waals surface area contributed by atoms with Gasteiger partial charge in [-0.1, -0.05) is 24.4 Å². The van der Waals surface area contributed by atoms with Crippen LogP contribution in [0, 0.1) is 5.92 Å². The van der Waals surface area contributed by atoms with E-state index in [1.165, 1.54) is 6.08 Å². The number of aliphatic imine (C=N–C) groups is 1. The lowest BCUT2D eigenvalue weighted by molar-refractivity contribution is -0.306. The number of hydrogen-bond donors (Lipinski definition) is 3. The number of rotatable bonds is 5. The lowest BCUT2D eigenvalue weighted by atomic mass is 9.95. The van der Waals surface area contributed by atoms with Gasteiger partial charge in [-0.3, -0.25) is 20.5 Å². The predicted molar refractivity (Wildman–Crippen MR) is 115 cm³/mol. The third-order valence-corrected chi connectivity index (χ3v) is 5.91. The largest absolute Gasteiger partial charge is 0.572 e. The number of allylic oxidation sites excluding steroid dienone is 3. The van der Waals surface area contributed by atoms with E-state index in [1.54, 1.807) is 12.2 Å². The number of carbonyl (C=O) groups excluding carboxylic acids is 1. The molecule has 7 nitrogen and oxygen atoms in total. The molecule has 0 spiro atoms. The van der Waals surface area contributed by atoms with Gasteiger partial charge in [-0.15, -0.1) is 13.2 Å². The molecule has 4 N–H and O–H groups in total.